The number of piperidine rings is 1. The molecule has 1 fully saturated rings. The normalized spacial score (nSPS) is 19.2. The summed E-state index contributed by atoms with van der Waals surface area (Å²) in [6.45, 7) is 0.828. The molecular weight excluding hydrogens is 384 g/mol. The maximum absolute atomic E-state index is 11.8. The lowest BCUT2D eigenvalue weighted by atomic mass is 9.99. The molecule has 0 spiro atoms. The van der Waals surface area contributed by atoms with E-state index in [-0.39, 0.29) is 17.6 Å². The summed E-state index contributed by atoms with van der Waals surface area (Å²) in [5.41, 5.74) is 0. The molecule has 4 rings (SSSR count). The molecule has 3 aromatic heterocycles. The molecule has 0 radical (unpaired) electrons. The third kappa shape index (κ3) is 2.97. The summed E-state index contributed by atoms with van der Waals surface area (Å²) in [6, 6.07) is 2.75. The van der Waals surface area contributed by atoms with Crippen LogP contribution in [0.2, 0.25) is 0 Å². The van der Waals surface area contributed by atoms with Crippen LogP contribution in [0, 0.1) is 10.1 Å². The van der Waals surface area contributed by atoms with E-state index in [4.69, 9.17) is 4.42 Å². The van der Waals surface area contributed by atoms with E-state index < -0.39 is 14.9 Å². The second-order valence-electron chi connectivity index (χ2n) is 6.01. The molecule has 1 saturated heterocycles. The second-order valence-corrected chi connectivity index (χ2v) is 8.95. The average Bonchev–Trinajstić information content (AvgIpc) is 3.28. The number of aromatic nitrogens is 4. The van der Waals surface area contributed by atoms with Gasteiger partial charge in [0.1, 0.15) is 4.92 Å². The van der Waals surface area contributed by atoms with Gasteiger partial charge in [-0.15, -0.1) is 15.3 Å². The van der Waals surface area contributed by atoms with E-state index in [1.807, 2.05) is 0 Å². The van der Waals surface area contributed by atoms with Crippen molar-refractivity contribution in [2.75, 3.05) is 19.3 Å². The van der Waals surface area contributed by atoms with Crippen LogP contribution in [0.1, 0.15) is 24.6 Å². The third-order valence-corrected chi connectivity index (χ3v) is 6.40. The first-order valence-electron chi connectivity index (χ1n) is 7.75. The summed E-state index contributed by atoms with van der Waals surface area (Å²) in [5, 5.41) is 23.9. The highest BCUT2D eigenvalue weighted by atomic mass is 32.2. The molecule has 13 heteroatoms. The van der Waals surface area contributed by atoms with E-state index in [0.717, 1.165) is 12.8 Å². The van der Waals surface area contributed by atoms with Gasteiger partial charge in [0.25, 0.3) is 0 Å². The Morgan fingerprint density at radius 3 is 2.88 bits per heavy atom. The van der Waals surface area contributed by atoms with Crippen molar-refractivity contribution in [2.45, 2.75) is 18.8 Å². The highest BCUT2D eigenvalue weighted by Gasteiger charge is 2.31. The summed E-state index contributed by atoms with van der Waals surface area (Å²) < 4.78 is 31.8. The zero-order chi connectivity index (χ0) is 18.5. The van der Waals surface area contributed by atoms with Crippen molar-refractivity contribution < 1.29 is 17.8 Å². The van der Waals surface area contributed by atoms with E-state index in [1.165, 1.54) is 34.0 Å². The monoisotopic (exact) mass is 398 g/mol. The summed E-state index contributed by atoms with van der Waals surface area (Å²) >= 11 is 1.20. The van der Waals surface area contributed by atoms with Gasteiger partial charge in [0.05, 0.1) is 12.3 Å². The van der Waals surface area contributed by atoms with Crippen molar-refractivity contribution >= 4 is 32.2 Å². The molecule has 1 aliphatic heterocycles. The Balaban J connectivity index is 1.66. The Morgan fingerprint density at radius 1 is 1.38 bits per heavy atom. The van der Waals surface area contributed by atoms with Gasteiger partial charge in [-0.25, -0.2) is 12.7 Å². The maximum atomic E-state index is 11.8. The van der Waals surface area contributed by atoms with Gasteiger partial charge in [-0.05, 0) is 18.9 Å². The van der Waals surface area contributed by atoms with Crippen LogP contribution in [-0.4, -0.2) is 56.8 Å². The van der Waals surface area contributed by atoms with Crippen LogP contribution in [0.15, 0.2) is 16.5 Å². The molecule has 3 aromatic rings. The molecule has 1 atom stereocenters. The van der Waals surface area contributed by atoms with Crippen molar-refractivity contribution in [3.63, 3.8) is 0 Å². The maximum Gasteiger partial charge on any atom is 0.433 e. The van der Waals surface area contributed by atoms with E-state index >= 15 is 0 Å². The van der Waals surface area contributed by atoms with Crippen molar-refractivity contribution in [3.05, 3.63) is 28.1 Å². The average molecular weight is 398 g/mol. The molecule has 11 nitrogen and oxygen atoms in total. The first kappa shape index (κ1) is 17.1. The number of hydrogen-bond donors (Lipinski definition) is 0. The van der Waals surface area contributed by atoms with Crippen molar-refractivity contribution in [2.24, 2.45) is 0 Å². The predicted molar refractivity (Wildman–Crippen MR) is 91.4 cm³/mol. The highest BCUT2D eigenvalue weighted by Crippen LogP contribution is 2.32. The minimum Gasteiger partial charge on any atom is -0.398 e. The number of nitro groups is 1. The second kappa shape index (κ2) is 6.10. The first-order chi connectivity index (χ1) is 12.3. The first-order valence-corrected chi connectivity index (χ1v) is 10.4. The molecule has 138 valence electrons. The molecule has 0 amide bonds. The molecule has 0 saturated carbocycles. The van der Waals surface area contributed by atoms with Gasteiger partial charge in [0.15, 0.2) is 16.6 Å². The molecular formula is C13H14N6O5S2. The smallest absolute Gasteiger partial charge is 0.398 e. The van der Waals surface area contributed by atoms with Gasteiger partial charge in [-0.1, -0.05) is 11.3 Å². The van der Waals surface area contributed by atoms with Crippen LogP contribution in [0.4, 0.5) is 5.88 Å². The number of hydrogen-bond acceptors (Lipinski definition) is 9. The molecule has 4 heterocycles. The van der Waals surface area contributed by atoms with Crippen LogP contribution in [0.3, 0.4) is 0 Å². The van der Waals surface area contributed by atoms with Crippen LogP contribution < -0.4 is 0 Å². The van der Waals surface area contributed by atoms with Gasteiger partial charge < -0.3 is 4.42 Å². The predicted octanol–water partition coefficient (Wildman–Crippen LogP) is 1.49. The quantitative estimate of drug-likeness (QED) is 0.476. The lowest BCUT2D eigenvalue weighted by molar-refractivity contribution is -0.401. The molecule has 0 aliphatic carbocycles. The van der Waals surface area contributed by atoms with Crippen LogP contribution >= 0.6 is 11.3 Å². The lowest BCUT2D eigenvalue weighted by Gasteiger charge is -2.29. The largest absolute Gasteiger partial charge is 0.433 e. The number of sulfonamides is 1. The van der Waals surface area contributed by atoms with Crippen molar-refractivity contribution in [1.29, 1.82) is 0 Å². The molecule has 0 N–H and O–H groups in total. The Kier molecular flexibility index (Phi) is 4.00. The topological polar surface area (TPSA) is 137 Å². The zero-order valence-electron chi connectivity index (χ0n) is 13.6. The van der Waals surface area contributed by atoms with E-state index in [2.05, 4.69) is 15.3 Å². The molecule has 26 heavy (non-hydrogen) atoms. The van der Waals surface area contributed by atoms with Crippen LogP contribution in [-0.2, 0) is 10.0 Å². The highest BCUT2D eigenvalue weighted by molar-refractivity contribution is 7.88. The fourth-order valence-electron chi connectivity index (χ4n) is 2.98. The zero-order valence-corrected chi connectivity index (χ0v) is 15.2. The molecule has 1 unspecified atom stereocenters. The van der Waals surface area contributed by atoms with Crippen molar-refractivity contribution in [3.8, 4) is 10.8 Å². The minimum atomic E-state index is -3.27. The van der Waals surface area contributed by atoms with Gasteiger partial charge in [0, 0.05) is 19.0 Å². The van der Waals surface area contributed by atoms with E-state index in [1.54, 1.807) is 4.52 Å². The lowest BCUT2D eigenvalue weighted by Crippen LogP contribution is -2.38. The van der Waals surface area contributed by atoms with Gasteiger partial charge in [-0.3, -0.25) is 10.1 Å². The fraction of sp³-hybridized carbons (Fsp3) is 0.462. The Labute approximate surface area is 151 Å². The summed E-state index contributed by atoms with van der Waals surface area (Å²) in [6.07, 6.45) is 2.71. The molecule has 0 aromatic carbocycles. The third-order valence-electron chi connectivity index (χ3n) is 4.22. The molecule has 1 aliphatic rings. The summed E-state index contributed by atoms with van der Waals surface area (Å²) in [4.78, 5) is 10.7. The number of nitrogens with zero attached hydrogens (tertiary/aromatic N) is 6. The van der Waals surface area contributed by atoms with E-state index in [0.29, 0.717) is 28.9 Å². The van der Waals surface area contributed by atoms with Crippen molar-refractivity contribution in [1.82, 2.24) is 24.1 Å². The Hall–Kier alpha value is -2.38. The Morgan fingerprint density at radius 2 is 2.19 bits per heavy atom. The van der Waals surface area contributed by atoms with Gasteiger partial charge in [0.2, 0.25) is 15.0 Å². The van der Waals surface area contributed by atoms with Crippen LogP contribution in [0.25, 0.3) is 15.7 Å². The molecule has 0 bridgehead atoms. The number of fused-ring (bicyclic) bond motifs is 1. The SMILES string of the molecule is CS(=O)(=O)N1CCCC(c2nnc3sc(-c4ccc([N+](=O)[O-])o4)nn23)C1. The van der Waals surface area contributed by atoms with Gasteiger partial charge in [-0.2, -0.15) is 4.52 Å². The standard InChI is InChI=1S/C13H14N6O5S2/c1-26(22,23)17-6-2-3-8(7-17)11-14-15-13-18(11)16-12(25-13)9-4-5-10(24-9)19(20)21/h4-5,8H,2-3,6-7H2,1H3. The van der Waals surface area contributed by atoms with Crippen LogP contribution in [0.5, 0.6) is 0 Å². The van der Waals surface area contributed by atoms with E-state index in [9.17, 15) is 18.5 Å². The van der Waals surface area contributed by atoms with Gasteiger partial charge >= 0.3 is 5.88 Å². The minimum absolute atomic E-state index is 0.116. The fourth-order valence-corrected chi connectivity index (χ4v) is 4.70. The number of rotatable bonds is 4. The number of furan rings is 1. The summed E-state index contributed by atoms with van der Waals surface area (Å²) in [5.74, 6) is 0.382. The summed E-state index contributed by atoms with van der Waals surface area (Å²) in [7, 11) is -3.27. The Bertz CT molecular complexity index is 1080.